The maximum atomic E-state index is 14.7. The van der Waals surface area contributed by atoms with Gasteiger partial charge in [0, 0.05) is 22.4 Å². The molecule has 2 heterocycles. The summed E-state index contributed by atoms with van der Waals surface area (Å²) in [6.07, 6.45) is -0.819. The van der Waals surface area contributed by atoms with Crippen LogP contribution in [0.1, 0.15) is 22.1 Å². The van der Waals surface area contributed by atoms with E-state index in [1.165, 1.54) is 28.4 Å². The van der Waals surface area contributed by atoms with Gasteiger partial charge in [-0.25, -0.2) is 8.78 Å². The summed E-state index contributed by atoms with van der Waals surface area (Å²) in [5.41, 5.74) is 0.407. The zero-order chi connectivity index (χ0) is 19.8. The Morgan fingerprint density at radius 1 is 1.11 bits per heavy atom. The summed E-state index contributed by atoms with van der Waals surface area (Å²) in [4.78, 5) is 15.0. The standard InChI is InChI=1S/C20H15BrF2N2O2S/c21-14-4-1-3-12(9-14)19-24(6-7-25(19)27)20(26)18-15(22)10-13(11-16(18)23)17-5-2-8-28-17/h1-5,8-11,19,27H,6-7H2. The van der Waals surface area contributed by atoms with E-state index in [2.05, 4.69) is 15.9 Å². The normalized spacial score (nSPS) is 17.3. The maximum absolute atomic E-state index is 14.7. The molecule has 2 aromatic carbocycles. The van der Waals surface area contributed by atoms with Crippen LogP contribution < -0.4 is 0 Å². The van der Waals surface area contributed by atoms with Crippen LogP contribution in [-0.2, 0) is 0 Å². The Balaban J connectivity index is 1.70. The van der Waals surface area contributed by atoms with Crippen molar-refractivity contribution in [3.05, 3.63) is 81.1 Å². The van der Waals surface area contributed by atoms with Gasteiger partial charge in [-0.1, -0.05) is 34.1 Å². The SMILES string of the molecule is O=C(c1c(F)cc(-c2cccs2)cc1F)N1CCN(O)C1c1cccc(Br)c1. The second kappa shape index (κ2) is 7.71. The molecule has 0 saturated carbocycles. The molecule has 3 aromatic rings. The Bertz CT molecular complexity index is 1010. The number of amides is 1. The Morgan fingerprint density at radius 2 is 1.86 bits per heavy atom. The highest BCUT2D eigenvalue weighted by atomic mass is 79.9. The summed E-state index contributed by atoms with van der Waals surface area (Å²) in [6.45, 7) is 0.331. The zero-order valence-electron chi connectivity index (χ0n) is 14.5. The third kappa shape index (κ3) is 3.48. The molecule has 0 bridgehead atoms. The highest BCUT2D eigenvalue weighted by Gasteiger charge is 2.38. The second-order valence-electron chi connectivity index (χ2n) is 6.38. The minimum atomic E-state index is -0.919. The number of hydrogen-bond acceptors (Lipinski definition) is 4. The van der Waals surface area contributed by atoms with E-state index < -0.39 is 29.3 Å². The predicted molar refractivity (Wildman–Crippen MR) is 106 cm³/mol. The molecule has 1 amide bonds. The van der Waals surface area contributed by atoms with E-state index in [0.29, 0.717) is 16.0 Å². The van der Waals surface area contributed by atoms with E-state index >= 15 is 0 Å². The quantitative estimate of drug-likeness (QED) is 0.571. The van der Waals surface area contributed by atoms with E-state index in [-0.39, 0.29) is 13.1 Å². The number of rotatable bonds is 3. The number of hydroxylamine groups is 2. The van der Waals surface area contributed by atoms with Crippen molar-refractivity contribution in [1.29, 1.82) is 0 Å². The topological polar surface area (TPSA) is 43.8 Å². The van der Waals surface area contributed by atoms with Crippen LogP contribution in [0, 0.1) is 11.6 Å². The van der Waals surface area contributed by atoms with Gasteiger partial charge in [0.1, 0.15) is 23.4 Å². The summed E-state index contributed by atoms with van der Waals surface area (Å²) >= 11 is 4.72. The monoisotopic (exact) mass is 464 g/mol. The van der Waals surface area contributed by atoms with E-state index in [0.717, 1.165) is 9.54 Å². The van der Waals surface area contributed by atoms with Gasteiger partial charge in [-0.2, -0.15) is 5.06 Å². The third-order valence-corrected chi connectivity index (χ3v) is 6.03. The van der Waals surface area contributed by atoms with E-state index in [1.54, 1.807) is 30.3 Å². The van der Waals surface area contributed by atoms with E-state index in [9.17, 15) is 18.8 Å². The van der Waals surface area contributed by atoms with Gasteiger partial charge >= 0.3 is 0 Å². The fourth-order valence-electron chi connectivity index (χ4n) is 3.35. The first-order valence-corrected chi connectivity index (χ1v) is 10.2. The highest BCUT2D eigenvalue weighted by Crippen LogP contribution is 2.34. The number of carbonyl (C=O) groups is 1. The average Bonchev–Trinajstić information content (AvgIpc) is 3.30. The third-order valence-electron chi connectivity index (χ3n) is 4.62. The minimum Gasteiger partial charge on any atom is -0.315 e. The summed E-state index contributed by atoms with van der Waals surface area (Å²) in [6, 6.07) is 13.0. The van der Waals surface area contributed by atoms with Gasteiger partial charge in [-0.15, -0.1) is 11.3 Å². The molecule has 0 spiro atoms. The molecule has 144 valence electrons. The first kappa shape index (κ1) is 19.2. The number of nitrogens with zero attached hydrogens (tertiary/aromatic N) is 2. The molecule has 1 atom stereocenters. The molecule has 1 aromatic heterocycles. The van der Waals surface area contributed by atoms with Gasteiger partial charge in [0.05, 0.1) is 0 Å². The van der Waals surface area contributed by atoms with Gasteiger partial charge < -0.3 is 10.1 Å². The lowest BCUT2D eigenvalue weighted by Gasteiger charge is -2.27. The molecule has 8 heteroatoms. The van der Waals surface area contributed by atoms with Crippen molar-refractivity contribution < 1.29 is 18.8 Å². The van der Waals surface area contributed by atoms with E-state index in [1.807, 2.05) is 11.4 Å². The average molecular weight is 465 g/mol. The predicted octanol–water partition coefficient (Wildman–Crippen LogP) is 5.30. The lowest BCUT2D eigenvalue weighted by molar-refractivity contribution is -0.122. The summed E-state index contributed by atoms with van der Waals surface area (Å²) in [5.74, 6) is -2.63. The van der Waals surface area contributed by atoms with Gasteiger partial charge in [-0.3, -0.25) is 4.79 Å². The molecule has 1 saturated heterocycles. The van der Waals surface area contributed by atoms with Crippen molar-refractivity contribution in [2.75, 3.05) is 13.1 Å². The lowest BCUT2D eigenvalue weighted by Crippen LogP contribution is -2.35. The zero-order valence-corrected chi connectivity index (χ0v) is 16.9. The van der Waals surface area contributed by atoms with Gasteiger partial charge in [0.2, 0.25) is 0 Å². The van der Waals surface area contributed by atoms with E-state index in [4.69, 9.17) is 0 Å². The minimum absolute atomic E-state index is 0.151. The number of halogens is 3. The molecule has 1 unspecified atom stereocenters. The van der Waals surface area contributed by atoms with Crippen LogP contribution in [0.3, 0.4) is 0 Å². The van der Waals surface area contributed by atoms with Crippen LogP contribution in [0.5, 0.6) is 0 Å². The number of thiophene rings is 1. The fourth-order valence-corrected chi connectivity index (χ4v) is 4.49. The van der Waals surface area contributed by atoms with Crippen molar-refractivity contribution in [2.24, 2.45) is 0 Å². The van der Waals surface area contributed by atoms with Crippen LogP contribution in [0.2, 0.25) is 0 Å². The molecule has 4 nitrogen and oxygen atoms in total. The smallest absolute Gasteiger partial charge is 0.261 e. The molecular formula is C20H15BrF2N2O2S. The van der Waals surface area contributed by atoms with Gasteiger partial charge in [0.15, 0.2) is 0 Å². The molecule has 28 heavy (non-hydrogen) atoms. The van der Waals surface area contributed by atoms with Gasteiger partial charge in [-0.05, 0) is 46.8 Å². The van der Waals surface area contributed by atoms with Crippen LogP contribution in [0.15, 0.2) is 58.4 Å². The van der Waals surface area contributed by atoms with Crippen LogP contribution in [0.4, 0.5) is 8.78 Å². The Labute approximate surface area is 172 Å². The molecule has 1 fully saturated rings. The number of carbonyl (C=O) groups excluding carboxylic acids is 1. The summed E-state index contributed by atoms with van der Waals surface area (Å²) in [7, 11) is 0. The highest BCUT2D eigenvalue weighted by molar-refractivity contribution is 9.10. The molecule has 1 N–H and O–H groups in total. The first-order valence-electron chi connectivity index (χ1n) is 8.50. The molecule has 1 aliphatic rings. The van der Waals surface area contributed by atoms with Crippen molar-refractivity contribution in [2.45, 2.75) is 6.17 Å². The van der Waals surface area contributed by atoms with Crippen molar-refractivity contribution in [1.82, 2.24) is 9.96 Å². The Kier molecular flexibility index (Phi) is 5.29. The van der Waals surface area contributed by atoms with Crippen LogP contribution in [-0.4, -0.2) is 34.2 Å². The van der Waals surface area contributed by atoms with Crippen molar-refractivity contribution in [3.8, 4) is 10.4 Å². The van der Waals surface area contributed by atoms with Crippen molar-refractivity contribution in [3.63, 3.8) is 0 Å². The lowest BCUT2D eigenvalue weighted by atomic mass is 10.1. The molecular weight excluding hydrogens is 450 g/mol. The number of hydrogen-bond donors (Lipinski definition) is 1. The largest absolute Gasteiger partial charge is 0.315 e. The molecule has 4 rings (SSSR count). The molecule has 0 radical (unpaired) electrons. The van der Waals surface area contributed by atoms with Crippen LogP contribution in [0.25, 0.3) is 10.4 Å². The van der Waals surface area contributed by atoms with Crippen molar-refractivity contribution >= 4 is 33.2 Å². The second-order valence-corrected chi connectivity index (χ2v) is 8.25. The first-order chi connectivity index (χ1) is 13.5. The maximum Gasteiger partial charge on any atom is 0.261 e. The summed E-state index contributed by atoms with van der Waals surface area (Å²) in [5, 5.41) is 13.1. The van der Waals surface area contributed by atoms with Gasteiger partial charge in [0.25, 0.3) is 5.91 Å². The molecule has 0 aliphatic carbocycles. The molecule has 1 aliphatic heterocycles. The summed E-state index contributed by atoms with van der Waals surface area (Å²) < 4.78 is 30.2. The fraction of sp³-hybridized carbons (Fsp3) is 0.150. The Hall–Kier alpha value is -2.13. The number of benzene rings is 2. The van der Waals surface area contributed by atoms with Crippen LogP contribution >= 0.6 is 27.3 Å². The Morgan fingerprint density at radius 3 is 2.50 bits per heavy atom.